The fraction of sp³-hybridized carbons (Fsp3) is 0.793. The fourth-order valence-corrected chi connectivity index (χ4v) is 6.35. The fourth-order valence-electron chi connectivity index (χ4n) is 6.35. The van der Waals surface area contributed by atoms with Crippen molar-refractivity contribution >= 4 is 0 Å². The minimum Gasteiger partial charge on any atom is -0.491 e. The highest BCUT2D eigenvalue weighted by atomic mass is 16.5. The molecule has 4 rings (SSSR count). The lowest BCUT2D eigenvalue weighted by molar-refractivity contribution is -0.0806. The Hall–Kier alpha value is -1.14. The predicted molar refractivity (Wildman–Crippen MR) is 140 cm³/mol. The van der Waals surface area contributed by atoms with Gasteiger partial charge in [-0.15, -0.1) is 0 Å². The zero-order valence-corrected chi connectivity index (χ0v) is 21.8. The number of rotatable bonds is 11. The molecule has 1 saturated carbocycles. The standard InChI is InChI=1S/C29H49N3O2/c1-24(2)34-28-15-9-8-14-27(28)25-16-20-30(21-17-25)18-10-3-4-11-19-31-22-23-32(29(31)33)26-12-6-5-7-13-26/h8-9,14-15,24-26,29,33H,3-7,10-13,16-23H2,1-2H3. The Morgan fingerprint density at radius 1 is 0.853 bits per heavy atom. The second-order valence-corrected chi connectivity index (χ2v) is 11.1. The molecule has 2 saturated heterocycles. The Morgan fingerprint density at radius 3 is 2.29 bits per heavy atom. The monoisotopic (exact) mass is 471 g/mol. The summed E-state index contributed by atoms with van der Waals surface area (Å²) in [7, 11) is 0. The first-order valence-corrected chi connectivity index (χ1v) is 14.3. The molecule has 1 aliphatic carbocycles. The van der Waals surface area contributed by atoms with Gasteiger partial charge in [0.05, 0.1) is 6.10 Å². The summed E-state index contributed by atoms with van der Waals surface area (Å²) < 4.78 is 6.07. The number of hydrogen-bond acceptors (Lipinski definition) is 5. The summed E-state index contributed by atoms with van der Waals surface area (Å²) in [5.74, 6) is 1.71. The number of para-hydroxylation sites is 1. The van der Waals surface area contributed by atoms with Crippen LogP contribution >= 0.6 is 0 Å². The first-order chi connectivity index (χ1) is 16.6. The summed E-state index contributed by atoms with van der Waals surface area (Å²) in [6, 6.07) is 9.27. The average molecular weight is 472 g/mol. The van der Waals surface area contributed by atoms with Gasteiger partial charge >= 0.3 is 0 Å². The lowest BCUT2D eigenvalue weighted by atomic mass is 9.88. The average Bonchev–Trinajstić information content (AvgIpc) is 3.22. The highest BCUT2D eigenvalue weighted by Gasteiger charge is 2.34. The van der Waals surface area contributed by atoms with Crippen molar-refractivity contribution in [1.29, 1.82) is 0 Å². The molecule has 0 aromatic heterocycles. The maximum Gasteiger partial charge on any atom is 0.165 e. The van der Waals surface area contributed by atoms with Crippen LogP contribution in [0.3, 0.4) is 0 Å². The number of hydrogen-bond donors (Lipinski definition) is 1. The van der Waals surface area contributed by atoms with Gasteiger partial charge in [0.1, 0.15) is 5.75 Å². The molecule has 1 aromatic carbocycles. The molecule has 3 aliphatic rings. The van der Waals surface area contributed by atoms with Crippen molar-refractivity contribution in [1.82, 2.24) is 14.7 Å². The Morgan fingerprint density at radius 2 is 1.56 bits per heavy atom. The third-order valence-electron chi connectivity index (χ3n) is 8.29. The highest BCUT2D eigenvalue weighted by Crippen LogP contribution is 2.34. The second-order valence-electron chi connectivity index (χ2n) is 11.1. The van der Waals surface area contributed by atoms with E-state index in [2.05, 4.69) is 52.8 Å². The SMILES string of the molecule is CC(C)Oc1ccccc1C1CCN(CCCCCCN2CCN(C3CCCCC3)C2O)CC1. The Balaban J connectivity index is 1.07. The molecule has 2 aliphatic heterocycles. The maximum atomic E-state index is 10.8. The first-order valence-electron chi connectivity index (χ1n) is 14.3. The number of benzene rings is 1. The van der Waals surface area contributed by atoms with E-state index >= 15 is 0 Å². The molecule has 1 atom stereocenters. The van der Waals surface area contributed by atoms with Crippen molar-refractivity contribution in [2.24, 2.45) is 0 Å². The molecule has 1 N–H and O–H groups in total. The van der Waals surface area contributed by atoms with Gasteiger partial charge in [-0.3, -0.25) is 9.80 Å². The molecule has 0 radical (unpaired) electrons. The number of aliphatic hydroxyl groups is 1. The number of nitrogens with zero attached hydrogens (tertiary/aromatic N) is 3. The topological polar surface area (TPSA) is 39.2 Å². The zero-order valence-electron chi connectivity index (χ0n) is 21.8. The Labute approximate surface area is 208 Å². The summed E-state index contributed by atoms with van der Waals surface area (Å²) in [4.78, 5) is 7.34. The molecular formula is C29H49N3O2. The quantitative estimate of drug-likeness (QED) is 0.435. The third-order valence-corrected chi connectivity index (χ3v) is 8.29. The summed E-state index contributed by atoms with van der Waals surface area (Å²) in [6.07, 6.45) is 14.1. The number of piperidine rings is 1. The van der Waals surface area contributed by atoms with E-state index in [9.17, 15) is 5.11 Å². The molecule has 0 spiro atoms. The van der Waals surface area contributed by atoms with E-state index in [1.54, 1.807) is 0 Å². The van der Waals surface area contributed by atoms with Crippen molar-refractivity contribution in [2.45, 2.75) is 109 Å². The summed E-state index contributed by atoms with van der Waals surface area (Å²) in [5, 5.41) is 10.8. The van der Waals surface area contributed by atoms with Crippen LogP contribution < -0.4 is 4.74 Å². The number of aliphatic hydroxyl groups excluding tert-OH is 1. The lowest BCUT2D eigenvalue weighted by Crippen LogP contribution is -2.45. The van der Waals surface area contributed by atoms with E-state index in [1.807, 2.05) is 0 Å². The van der Waals surface area contributed by atoms with Crippen molar-refractivity contribution in [3.63, 3.8) is 0 Å². The van der Waals surface area contributed by atoms with E-state index in [-0.39, 0.29) is 12.5 Å². The zero-order chi connectivity index (χ0) is 23.8. The van der Waals surface area contributed by atoms with Crippen LogP contribution in [0.5, 0.6) is 5.75 Å². The first kappa shape index (κ1) is 25.9. The van der Waals surface area contributed by atoms with Crippen LogP contribution in [0.2, 0.25) is 0 Å². The minimum absolute atomic E-state index is 0.228. The summed E-state index contributed by atoms with van der Waals surface area (Å²) >= 11 is 0. The van der Waals surface area contributed by atoms with E-state index < -0.39 is 0 Å². The maximum absolute atomic E-state index is 10.8. The summed E-state index contributed by atoms with van der Waals surface area (Å²) in [5.41, 5.74) is 1.40. The van der Waals surface area contributed by atoms with Gasteiger partial charge in [-0.05, 0) is 89.6 Å². The van der Waals surface area contributed by atoms with Crippen molar-refractivity contribution < 1.29 is 9.84 Å². The third kappa shape index (κ3) is 7.19. The summed E-state index contributed by atoms with van der Waals surface area (Å²) in [6.45, 7) is 11.0. The van der Waals surface area contributed by atoms with Crippen molar-refractivity contribution in [3.05, 3.63) is 29.8 Å². The lowest BCUT2D eigenvalue weighted by Gasteiger charge is -2.34. The van der Waals surface area contributed by atoms with Gasteiger partial charge in [0, 0.05) is 25.7 Å². The van der Waals surface area contributed by atoms with Crippen molar-refractivity contribution in [2.75, 3.05) is 39.3 Å². The molecule has 3 fully saturated rings. The van der Waals surface area contributed by atoms with Crippen molar-refractivity contribution in [3.8, 4) is 5.75 Å². The molecule has 5 heteroatoms. The molecule has 2 heterocycles. The molecular weight excluding hydrogens is 422 g/mol. The molecule has 0 bridgehead atoms. The van der Waals surface area contributed by atoms with Crippen LogP contribution in [-0.2, 0) is 0 Å². The van der Waals surface area contributed by atoms with Crippen LogP contribution in [0.15, 0.2) is 24.3 Å². The second kappa shape index (κ2) is 13.2. The van der Waals surface area contributed by atoms with Crippen LogP contribution in [-0.4, -0.2) is 77.6 Å². The number of ether oxygens (including phenoxy) is 1. The number of likely N-dealkylation sites (tertiary alicyclic amines) is 1. The van der Waals surface area contributed by atoms with Gasteiger partial charge in [-0.2, -0.15) is 0 Å². The molecule has 34 heavy (non-hydrogen) atoms. The van der Waals surface area contributed by atoms with Crippen LogP contribution in [0.4, 0.5) is 0 Å². The molecule has 1 unspecified atom stereocenters. The van der Waals surface area contributed by atoms with Crippen LogP contribution in [0, 0.1) is 0 Å². The smallest absolute Gasteiger partial charge is 0.165 e. The number of unbranched alkanes of at least 4 members (excludes halogenated alkanes) is 3. The van der Waals surface area contributed by atoms with Gasteiger partial charge in [-0.1, -0.05) is 50.3 Å². The Kier molecular flexibility index (Phi) is 10.1. The molecule has 5 nitrogen and oxygen atoms in total. The van der Waals surface area contributed by atoms with Crippen LogP contribution in [0.25, 0.3) is 0 Å². The van der Waals surface area contributed by atoms with Gasteiger partial charge in [-0.25, -0.2) is 0 Å². The van der Waals surface area contributed by atoms with E-state index in [1.165, 1.54) is 95.8 Å². The molecule has 1 aromatic rings. The minimum atomic E-state index is -0.333. The van der Waals surface area contributed by atoms with E-state index in [0.29, 0.717) is 12.0 Å². The predicted octanol–water partition coefficient (Wildman–Crippen LogP) is 5.44. The largest absolute Gasteiger partial charge is 0.491 e. The van der Waals surface area contributed by atoms with Gasteiger partial charge in [0.15, 0.2) is 6.35 Å². The highest BCUT2D eigenvalue weighted by molar-refractivity contribution is 5.36. The van der Waals surface area contributed by atoms with E-state index in [4.69, 9.17) is 4.74 Å². The van der Waals surface area contributed by atoms with Gasteiger partial charge in [0.2, 0.25) is 0 Å². The Bertz CT molecular complexity index is 713. The molecule has 192 valence electrons. The van der Waals surface area contributed by atoms with Crippen LogP contribution in [0.1, 0.15) is 96.0 Å². The normalized spacial score (nSPS) is 24.3. The van der Waals surface area contributed by atoms with Gasteiger partial charge < -0.3 is 14.7 Å². The van der Waals surface area contributed by atoms with E-state index in [0.717, 1.165) is 25.4 Å². The molecule has 0 amide bonds. The van der Waals surface area contributed by atoms with Gasteiger partial charge in [0.25, 0.3) is 0 Å².